The van der Waals surface area contributed by atoms with Gasteiger partial charge in [-0.25, -0.2) is 23.5 Å². The number of aryl methyl sites for hydroxylation is 1. The van der Waals surface area contributed by atoms with Crippen LogP contribution in [0.2, 0.25) is 0 Å². The largest absolute Gasteiger partial charge is 0.459 e. The molecule has 0 saturated heterocycles. The number of halogens is 1. The highest BCUT2D eigenvalue weighted by molar-refractivity contribution is 9.10. The summed E-state index contributed by atoms with van der Waals surface area (Å²) >= 11 is 4.71. The lowest BCUT2D eigenvalue weighted by Gasteiger charge is -2.05. The van der Waals surface area contributed by atoms with Crippen molar-refractivity contribution in [3.63, 3.8) is 0 Å². The molecule has 0 aliphatic heterocycles. The van der Waals surface area contributed by atoms with E-state index >= 15 is 0 Å². The molecular formula is C19H16BrN5O4S2. The molecule has 0 unspecified atom stereocenters. The Kier molecular flexibility index (Phi) is 6.05. The molecule has 3 aromatic heterocycles. The lowest BCUT2D eigenvalue weighted by atomic mass is 10.3. The first-order valence-corrected chi connectivity index (χ1v) is 12.1. The summed E-state index contributed by atoms with van der Waals surface area (Å²) < 4.78 is 35.2. The van der Waals surface area contributed by atoms with E-state index in [1.54, 1.807) is 41.8 Å². The van der Waals surface area contributed by atoms with Gasteiger partial charge >= 0.3 is 0 Å². The third kappa shape index (κ3) is 4.77. The zero-order chi connectivity index (χ0) is 22.0. The number of carbonyl (C=O) groups is 1. The molecule has 12 heteroatoms. The number of thiazole rings is 1. The van der Waals surface area contributed by atoms with Gasteiger partial charge in [-0.1, -0.05) is 15.9 Å². The Morgan fingerprint density at radius 1 is 1.29 bits per heavy atom. The van der Waals surface area contributed by atoms with E-state index in [4.69, 9.17) is 4.42 Å². The van der Waals surface area contributed by atoms with Gasteiger partial charge in [0.1, 0.15) is 17.2 Å². The molecule has 4 rings (SSSR count). The summed E-state index contributed by atoms with van der Waals surface area (Å²) in [5, 5.41) is 5.75. The lowest BCUT2D eigenvalue weighted by molar-refractivity contribution is 0.0948. The van der Waals surface area contributed by atoms with E-state index < -0.39 is 15.9 Å². The van der Waals surface area contributed by atoms with Crippen molar-refractivity contribution in [1.82, 2.24) is 19.5 Å². The van der Waals surface area contributed by atoms with Crippen LogP contribution in [-0.2, 0) is 16.6 Å². The molecule has 160 valence electrons. The van der Waals surface area contributed by atoms with Gasteiger partial charge in [0.25, 0.3) is 5.91 Å². The van der Waals surface area contributed by atoms with Gasteiger partial charge < -0.3 is 4.42 Å². The first-order chi connectivity index (χ1) is 14.8. The number of aromatic nitrogens is 2. The van der Waals surface area contributed by atoms with Crippen LogP contribution in [0.3, 0.4) is 0 Å². The van der Waals surface area contributed by atoms with Crippen LogP contribution in [0, 0.1) is 6.92 Å². The van der Waals surface area contributed by atoms with Crippen molar-refractivity contribution in [3.05, 3.63) is 75.4 Å². The van der Waals surface area contributed by atoms with Crippen molar-refractivity contribution in [2.45, 2.75) is 18.4 Å². The number of fused-ring (bicyclic) bond motifs is 1. The second-order valence-electron chi connectivity index (χ2n) is 6.38. The zero-order valence-electron chi connectivity index (χ0n) is 16.1. The maximum Gasteiger partial charge on any atom is 0.290 e. The van der Waals surface area contributed by atoms with Crippen molar-refractivity contribution in [2.24, 2.45) is 5.10 Å². The molecule has 1 amide bonds. The number of amides is 1. The van der Waals surface area contributed by atoms with Gasteiger partial charge in [0.05, 0.1) is 23.3 Å². The molecule has 2 N–H and O–H groups in total. The molecule has 0 spiro atoms. The summed E-state index contributed by atoms with van der Waals surface area (Å²) in [5.41, 5.74) is 3.47. The number of hydrogen-bond donors (Lipinski definition) is 2. The molecular weight excluding hydrogens is 506 g/mol. The van der Waals surface area contributed by atoms with E-state index in [-0.39, 0.29) is 11.4 Å². The standard InChI is InChI=1S/C19H16BrN5O4S2/c1-12-17(25-8-9-30-19(25)23-12)18(26)24-21-10-14-4-5-15(29-14)11-22-31(27,28)16-6-2-13(20)3-7-16/h2-10,22H,11H2,1H3,(H,24,26)/b21-10+. The Hall–Kier alpha value is -2.80. The van der Waals surface area contributed by atoms with E-state index in [0.717, 1.165) is 9.43 Å². The van der Waals surface area contributed by atoms with Crippen LogP contribution in [-0.4, -0.2) is 29.9 Å². The van der Waals surface area contributed by atoms with Crippen LogP contribution in [0.4, 0.5) is 0 Å². The van der Waals surface area contributed by atoms with Gasteiger partial charge in [-0.05, 0) is 43.3 Å². The number of sulfonamides is 1. The number of rotatable bonds is 7. The van der Waals surface area contributed by atoms with Crippen LogP contribution in [0.25, 0.3) is 4.96 Å². The molecule has 1 aromatic carbocycles. The van der Waals surface area contributed by atoms with Crippen molar-refractivity contribution in [3.8, 4) is 0 Å². The topological polar surface area (TPSA) is 118 Å². The number of nitrogens with one attached hydrogen (secondary N) is 2. The van der Waals surface area contributed by atoms with Gasteiger partial charge in [-0.2, -0.15) is 5.10 Å². The molecule has 0 aliphatic carbocycles. The first-order valence-electron chi connectivity index (χ1n) is 8.93. The van der Waals surface area contributed by atoms with Crippen LogP contribution < -0.4 is 10.1 Å². The number of hydrazone groups is 1. The van der Waals surface area contributed by atoms with Crippen LogP contribution in [0.1, 0.15) is 27.7 Å². The normalized spacial score (nSPS) is 12.1. The van der Waals surface area contributed by atoms with Gasteiger partial charge in [0.2, 0.25) is 10.0 Å². The third-order valence-corrected chi connectivity index (χ3v) is 6.95. The second kappa shape index (κ2) is 8.75. The predicted octanol–water partition coefficient (Wildman–Crippen LogP) is 3.30. The predicted molar refractivity (Wildman–Crippen MR) is 120 cm³/mol. The molecule has 0 atom stereocenters. The highest BCUT2D eigenvalue weighted by atomic mass is 79.9. The third-order valence-electron chi connectivity index (χ3n) is 4.25. The van der Waals surface area contributed by atoms with Gasteiger partial charge in [-0.15, -0.1) is 11.3 Å². The number of hydrogen-bond acceptors (Lipinski definition) is 7. The van der Waals surface area contributed by atoms with E-state index in [1.807, 2.05) is 5.38 Å². The van der Waals surface area contributed by atoms with Crippen molar-refractivity contribution >= 4 is 54.4 Å². The van der Waals surface area contributed by atoms with Crippen molar-refractivity contribution in [1.29, 1.82) is 0 Å². The zero-order valence-corrected chi connectivity index (χ0v) is 19.3. The minimum Gasteiger partial charge on any atom is -0.459 e. The summed E-state index contributed by atoms with van der Waals surface area (Å²) in [5.74, 6) is 0.373. The highest BCUT2D eigenvalue weighted by Crippen LogP contribution is 2.17. The summed E-state index contributed by atoms with van der Waals surface area (Å²) in [4.78, 5) is 17.6. The smallest absolute Gasteiger partial charge is 0.290 e. The Morgan fingerprint density at radius 3 is 2.84 bits per heavy atom. The van der Waals surface area contributed by atoms with E-state index in [0.29, 0.717) is 22.9 Å². The minimum atomic E-state index is -3.67. The van der Waals surface area contributed by atoms with Crippen LogP contribution in [0.15, 0.2) is 66.9 Å². The number of furan rings is 1. The molecule has 3 heterocycles. The number of benzene rings is 1. The van der Waals surface area contributed by atoms with Gasteiger partial charge in [0.15, 0.2) is 4.96 Å². The van der Waals surface area contributed by atoms with Crippen LogP contribution in [0.5, 0.6) is 0 Å². The van der Waals surface area contributed by atoms with Gasteiger partial charge in [0, 0.05) is 16.0 Å². The Labute approximate surface area is 190 Å². The molecule has 0 aliphatic rings. The number of carbonyl (C=O) groups excluding carboxylic acids is 1. The van der Waals surface area contributed by atoms with E-state index in [9.17, 15) is 13.2 Å². The average molecular weight is 522 g/mol. The lowest BCUT2D eigenvalue weighted by Crippen LogP contribution is -2.22. The highest BCUT2D eigenvalue weighted by Gasteiger charge is 2.17. The average Bonchev–Trinajstić information content (AvgIpc) is 3.43. The van der Waals surface area contributed by atoms with E-state index in [1.165, 1.54) is 29.7 Å². The van der Waals surface area contributed by atoms with Crippen molar-refractivity contribution in [2.75, 3.05) is 0 Å². The Balaban J connectivity index is 1.36. The van der Waals surface area contributed by atoms with Gasteiger partial charge in [-0.3, -0.25) is 9.20 Å². The summed E-state index contributed by atoms with van der Waals surface area (Å²) in [6.07, 6.45) is 3.11. The van der Waals surface area contributed by atoms with E-state index in [2.05, 4.69) is 36.2 Å². The Bertz CT molecular complexity index is 1370. The SMILES string of the molecule is Cc1nc2sccn2c1C(=O)N/N=C/c1ccc(CNS(=O)(=O)c2ccc(Br)cc2)o1. The quantitative estimate of drug-likeness (QED) is 0.285. The maximum atomic E-state index is 12.4. The first kappa shape index (κ1) is 21.4. The monoisotopic (exact) mass is 521 g/mol. The molecule has 31 heavy (non-hydrogen) atoms. The molecule has 9 nitrogen and oxygen atoms in total. The molecule has 0 bridgehead atoms. The minimum absolute atomic E-state index is 0.0241. The molecule has 4 aromatic rings. The van der Waals surface area contributed by atoms with Crippen LogP contribution >= 0.6 is 27.3 Å². The fraction of sp³-hybridized carbons (Fsp3) is 0.105. The molecule has 0 radical (unpaired) electrons. The second-order valence-corrected chi connectivity index (χ2v) is 9.94. The molecule has 0 saturated carbocycles. The summed E-state index contributed by atoms with van der Waals surface area (Å²) in [6.45, 7) is 1.73. The summed E-state index contributed by atoms with van der Waals surface area (Å²) in [6, 6.07) is 9.56. The fourth-order valence-electron chi connectivity index (χ4n) is 2.80. The fourth-order valence-corrected chi connectivity index (χ4v) is 4.81. The number of imidazole rings is 1. The number of nitrogens with zero attached hydrogens (tertiary/aromatic N) is 3. The molecule has 0 fully saturated rings. The Morgan fingerprint density at radius 2 is 2.06 bits per heavy atom. The van der Waals surface area contributed by atoms with Crippen molar-refractivity contribution < 1.29 is 17.6 Å². The summed E-state index contributed by atoms with van der Waals surface area (Å²) in [7, 11) is -3.67. The maximum absolute atomic E-state index is 12.4.